The van der Waals surface area contributed by atoms with Crippen molar-refractivity contribution < 1.29 is 25.2 Å². The van der Waals surface area contributed by atoms with Crippen LogP contribution in [-0.4, -0.2) is 39.6 Å². The van der Waals surface area contributed by atoms with Gasteiger partial charge in [-0.05, 0) is 32.1 Å². The number of carboxylic acid groups (broad SMARTS) is 1. The second-order valence-corrected chi connectivity index (χ2v) is 5.93. The first-order chi connectivity index (χ1) is 13.0. The topological polar surface area (TPSA) is 101 Å². The monoisotopic (exact) mass is 375 g/mol. The molecule has 0 aliphatic rings. The normalized spacial score (nSPS) is 16.6. The molecule has 0 bridgehead atoms. The summed E-state index contributed by atoms with van der Waals surface area (Å²) in [7, 11) is 0. The molecule has 150 valence electrons. The smallest absolute Gasteiger partial charge is 0.0758 e. The lowest BCUT2D eigenvalue weighted by Crippen LogP contribution is -2.23. The van der Waals surface area contributed by atoms with Gasteiger partial charge < -0.3 is 25.2 Å². The summed E-state index contributed by atoms with van der Waals surface area (Å²) in [5.41, 5.74) is 0. The maximum absolute atomic E-state index is 10.3. The molecule has 0 radical (unpaired) electrons. The van der Waals surface area contributed by atoms with Crippen molar-refractivity contribution in [1.82, 2.24) is 0 Å². The summed E-state index contributed by atoms with van der Waals surface area (Å²) in [4.78, 5) is 10.3. The molecule has 0 heterocycles. The molecule has 27 heavy (non-hydrogen) atoms. The Labute approximate surface area is 162 Å². The van der Waals surface area contributed by atoms with Crippen LogP contribution < -0.4 is 5.11 Å². The molecule has 0 aliphatic carbocycles. The van der Waals surface area contributed by atoms with Crippen LogP contribution in [0, 0.1) is 0 Å². The summed E-state index contributed by atoms with van der Waals surface area (Å²) in [6.45, 7) is 2.04. The largest absolute Gasteiger partial charge is 0.550 e. The van der Waals surface area contributed by atoms with Crippen molar-refractivity contribution in [2.45, 2.75) is 57.3 Å². The van der Waals surface area contributed by atoms with Gasteiger partial charge in [-0.15, -0.1) is 0 Å². The Morgan fingerprint density at radius 2 is 1.30 bits per heavy atom. The van der Waals surface area contributed by atoms with Gasteiger partial charge in [0.25, 0.3) is 0 Å². The average Bonchev–Trinajstić information content (AvgIpc) is 2.62. The Morgan fingerprint density at radius 3 is 1.85 bits per heavy atom. The maximum Gasteiger partial charge on any atom is 0.0758 e. The Hall–Kier alpha value is -2.21. The summed E-state index contributed by atoms with van der Waals surface area (Å²) >= 11 is 0. The van der Waals surface area contributed by atoms with E-state index in [2.05, 4.69) is 0 Å². The van der Waals surface area contributed by atoms with Crippen LogP contribution in [0.5, 0.6) is 0 Å². The Bertz CT molecular complexity index is 555. The van der Waals surface area contributed by atoms with E-state index < -0.39 is 24.3 Å². The summed E-state index contributed by atoms with van der Waals surface area (Å²) in [6, 6.07) is 0. The van der Waals surface area contributed by atoms with Crippen LogP contribution in [0.1, 0.15) is 39.0 Å². The summed E-state index contributed by atoms with van der Waals surface area (Å²) < 4.78 is 0. The molecule has 5 heteroatoms. The first-order valence-electron chi connectivity index (χ1n) is 9.19. The van der Waals surface area contributed by atoms with Gasteiger partial charge in [-0.3, -0.25) is 0 Å². The first-order valence-corrected chi connectivity index (χ1v) is 9.19. The van der Waals surface area contributed by atoms with Gasteiger partial charge in [0.05, 0.1) is 18.3 Å². The number of aliphatic carboxylic acids is 1. The SMILES string of the molecule is CC/C=C\C[C@@H](O)/C=C/C=C\C[C@@H](O)/C=C/C=C/C=C\[C@@H](O)CCC(=O)[O-]. The molecule has 0 saturated heterocycles. The maximum atomic E-state index is 10.3. The molecule has 0 saturated carbocycles. The lowest BCUT2D eigenvalue weighted by atomic mass is 10.2. The quantitative estimate of drug-likeness (QED) is 0.319. The third-order valence-electron chi connectivity index (χ3n) is 3.38. The zero-order valence-corrected chi connectivity index (χ0v) is 15.9. The van der Waals surface area contributed by atoms with E-state index in [-0.39, 0.29) is 12.8 Å². The second kappa shape index (κ2) is 17.2. The van der Waals surface area contributed by atoms with Crippen LogP contribution in [0.15, 0.2) is 72.9 Å². The van der Waals surface area contributed by atoms with Crippen molar-refractivity contribution in [3.05, 3.63) is 72.9 Å². The van der Waals surface area contributed by atoms with Crippen molar-refractivity contribution in [3.8, 4) is 0 Å². The van der Waals surface area contributed by atoms with Crippen molar-refractivity contribution in [1.29, 1.82) is 0 Å². The molecule has 0 rings (SSSR count). The lowest BCUT2D eigenvalue weighted by molar-refractivity contribution is -0.306. The van der Waals surface area contributed by atoms with E-state index in [9.17, 15) is 25.2 Å². The van der Waals surface area contributed by atoms with Crippen LogP contribution >= 0.6 is 0 Å². The predicted octanol–water partition coefficient (Wildman–Crippen LogP) is 2.13. The van der Waals surface area contributed by atoms with Crippen molar-refractivity contribution in [3.63, 3.8) is 0 Å². The molecule has 0 fully saturated rings. The number of aliphatic hydroxyl groups excluding tert-OH is 3. The highest BCUT2D eigenvalue weighted by molar-refractivity contribution is 5.64. The molecule has 0 amide bonds. The highest BCUT2D eigenvalue weighted by Gasteiger charge is 1.97. The van der Waals surface area contributed by atoms with E-state index >= 15 is 0 Å². The fourth-order valence-electron chi connectivity index (χ4n) is 1.92. The van der Waals surface area contributed by atoms with Crippen LogP contribution in [0.25, 0.3) is 0 Å². The first kappa shape index (κ1) is 24.8. The Kier molecular flexibility index (Phi) is 15.8. The number of carbonyl (C=O) groups excluding carboxylic acids is 1. The summed E-state index contributed by atoms with van der Waals surface area (Å²) in [5.74, 6) is -1.18. The summed E-state index contributed by atoms with van der Waals surface area (Å²) in [5, 5.41) is 39.2. The molecule has 5 nitrogen and oxygen atoms in total. The molecule has 0 aliphatic heterocycles. The van der Waals surface area contributed by atoms with Gasteiger partial charge in [0.2, 0.25) is 0 Å². The molecule has 0 aromatic carbocycles. The van der Waals surface area contributed by atoms with Gasteiger partial charge in [0.15, 0.2) is 0 Å². The molecule has 0 spiro atoms. The van der Waals surface area contributed by atoms with Gasteiger partial charge in [-0.2, -0.15) is 0 Å². The van der Waals surface area contributed by atoms with Crippen molar-refractivity contribution in [2.75, 3.05) is 0 Å². The molecule has 0 aromatic rings. The Balaban J connectivity index is 4.01. The van der Waals surface area contributed by atoms with Crippen molar-refractivity contribution >= 4 is 5.97 Å². The van der Waals surface area contributed by atoms with E-state index in [1.54, 1.807) is 48.6 Å². The van der Waals surface area contributed by atoms with Crippen LogP contribution in [0.4, 0.5) is 0 Å². The zero-order valence-electron chi connectivity index (χ0n) is 15.9. The molecule has 3 N–H and O–H groups in total. The highest BCUT2D eigenvalue weighted by Crippen LogP contribution is 2.00. The van der Waals surface area contributed by atoms with Gasteiger partial charge in [-0.1, -0.05) is 79.8 Å². The zero-order chi connectivity index (χ0) is 20.3. The third-order valence-corrected chi connectivity index (χ3v) is 3.38. The fourth-order valence-corrected chi connectivity index (χ4v) is 1.92. The van der Waals surface area contributed by atoms with E-state index in [1.165, 1.54) is 6.08 Å². The average molecular weight is 375 g/mol. The minimum atomic E-state index is -1.18. The Morgan fingerprint density at radius 1 is 0.778 bits per heavy atom. The molecular formula is C22H31O5-. The van der Waals surface area contributed by atoms with Crippen LogP contribution in [0.2, 0.25) is 0 Å². The number of aliphatic hydroxyl groups is 3. The number of carbonyl (C=O) groups is 1. The number of rotatable bonds is 14. The van der Waals surface area contributed by atoms with E-state index in [1.807, 2.05) is 25.2 Å². The van der Waals surface area contributed by atoms with E-state index in [4.69, 9.17) is 0 Å². The second-order valence-electron chi connectivity index (χ2n) is 5.93. The third kappa shape index (κ3) is 18.4. The number of hydrogen-bond donors (Lipinski definition) is 3. The van der Waals surface area contributed by atoms with E-state index in [0.29, 0.717) is 12.8 Å². The van der Waals surface area contributed by atoms with Crippen molar-refractivity contribution in [2.24, 2.45) is 0 Å². The van der Waals surface area contributed by atoms with Gasteiger partial charge in [-0.25, -0.2) is 0 Å². The molecule has 0 unspecified atom stereocenters. The minimum Gasteiger partial charge on any atom is -0.550 e. The minimum absolute atomic E-state index is 0.120. The molecule has 0 aromatic heterocycles. The summed E-state index contributed by atoms with van der Waals surface area (Å²) in [6.07, 6.45) is 20.9. The standard InChI is InChI=1S/C22H32O5/c1-2-3-7-12-19(23)14-10-6-11-15-20(24)13-8-4-5-9-16-21(25)17-18-22(26)27/h3-11,13-14,16,19-21,23-25H,2,12,15,17-18H2,1H3,(H,26,27)/p-1/b5-4+,7-3-,11-6-,13-8+,14-10+,16-9-/t19-,20+,21-/m1/s1. The molecular weight excluding hydrogens is 344 g/mol. The van der Waals surface area contributed by atoms with Gasteiger partial charge >= 0.3 is 0 Å². The number of carboxylic acids is 1. The van der Waals surface area contributed by atoms with E-state index in [0.717, 1.165) is 6.42 Å². The predicted molar refractivity (Wildman–Crippen MR) is 107 cm³/mol. The number of hydrogen-bond acceptors (Lipinski definition) is 5. The lowest BCUT2D eigenvalue weighted by Gasteiger charge is -2.04. The number of allylic oxidation sites excluding steroid dienone is 7. The highest BCUT2D eigenvalue weighted by atomic mass is 16.4. The van der Waals surface area contributed by atoms with Crippen LogP contribution in [0.3, 0.4) is 0 Å². The van der Waals surface area contributed by atoms with Gasteiger partial charge in [0.1, 0.15) is 0 Å². The van der Waals surface area contributed by atoms with Crippen LogP contribution in [-0.2, 0) is 4.79 Å². The fraction of sp³-hybridized carbons (Fsp3) is 0.409. The molecule has 3 atom stereocenters. The van der Waals surface area contributed by atoms with Gasteiger partial charge in [0, 0.05) is 5.97 Å².